The Morgan fingerprint density at radius 1 is 1.22 bits per heavy atom. The highest BCUT2D eigenvalue weighted by Gasteiger charge is 2.24. The summed E-state index contributed by atoms with van der Waals surface area (Å²) >= 11 is 3.46. The molecule has 0 amide bonds. The van der Waals surface area contributed by atoms with Crippen LogP contribution in [-0.4, -0.2) is 7.11 Å². The van der Waals surface area contributed by atoms with Crippen LogP contribution < -0.4 is 9.47 Å². The lowest BCUT2D eigenvalue weighted by Crippen LogP contribution is -2.03. The van der Waals surface area contributed by atoms with Crippen molar-refractivity contribution in [1.82, 2.24) is 0 Å². The number of halogens is 1. The molecule has 18 heavy (non-hydrogen) atoms. The van der Waals surface area contributed by atoms with Gasteiger partial charge in [-0.05, 0) is 35.4 Å². The number of hydrogen-bond acceptors (Lipinski definition) is 2. The maximum absolute atomic E-state index is 5.99. The normalized spacial score (nSPS) is 17.1. The first-order chi connectivity index (χ1) is 8.76. The summed E-state index contributed by atoms with van der Waals surface area (Å²) in [6, 6.07) is 14.2. The van der Waals surface area contributed by atoms with Gasteiger partial charge in [0.05, 0.1) is 7.11 Å². The minimum absolute atomic E-state index is 0.0874. The van der Waals surface area contributed by atoms with Crippen LogP contribution in [0.2, 0.25) is 0 Å². The van der Waals surface area contributed by atoms with Crippen LogP contribution in [0, 0.1) is 0 Å². The molecule has 0 unspecified atom stereocenters. The molecule has 2 aromatic rings. The Morgan fingerprint density at radius 3 is 2.94 bits per heavy atom. The molecule has 3 rings (SSSR count). The molecule has 3 heteroatoms. The first-order valence-corrected chi connectivity index (χ1v) is 6.64. The average Bonchev–Trinajstić information content (AvgIpc) is 2.81. The molecule has 0 saturated heterocycles. The number of hydrogen-bond donors (Lipinski definition) is 0. The van der Waals surface area contributed by atoms with E-state index in [4.69, 9.17) is 9.47 Å². The Kier molecular flexibility index (Phi) is 3.00. The third-order valence-electron chi connectivity index (χ3n) is 3.17. The maximum Gasteiger partial charge on any atom is 0.128 e. The number of ether oxygens (including phenoxy) is 2. The first-order valence-electron chi connectivity index (χ1n) is 5.85. The van der Waals surface area contributed by atoms with E-state index in [1.54, 1.807) is 7.11 Å². The summed E-state index contributed by atoms with van der Waals surface area (Å²) in [6.07, 6.45) is 1.000. The fourth-order valence-electron chi connectivity index (χ4n) is 2.23. The molecule has 0 spiro atoms. The summed E-state index contributed by atoms with van der Waals surface area (Å²) in [6.45, 7) is 0. The van der Waals surface area contributed by atoms with Crippen molar-refractivity contribution in [2.75, 3.05) is 7.11 Å². The van der Waals surface area contributed by atoms with Gasteiger partial charge in [0.2, 0.25) is 0 Å². The van der Waals surface area contributed by atoms with Gasteiger partial charge in [0.1, 0.15) is 17.6 Å². The molecule has 1 aliphatic rings. The summed E-state index contributed by atoms with van der Waals surface area (Å²) in [4.78, 5) is 0. The Bertz CT molecular complexity index is 580. The van der Waals surface area contributed by atoms with E-state index in [0.29, 0.717) is 0 Å². The van der Waals surface area contributed by atoms with Crippen molar-refractivity contribution < 1.29 is 9.47 Å². The maximum atomic E-state index is 5.99. The van der Waals surface area contributed by atoms with Crippen LogP contribution in [0.25, 0.3) is 0 Å². The fourth-order valence-corrected chi connectivity index (χ4v) is 2.57. The van der Waals surface area contributed by atoms with Crippen molar-refractivity contribution in [1.29, 1.82) is 0 Å². The quantitative estimate of drug-likeness (QED) is 0.830. The van der Waals surface area contributed by atoms with Crippen molar-refractivity contribution in [2.24, 2.45) is 0 Å². The molecular formula is C15H13BrO2. The van der Waals surface area contributed by atoms with Crippen molar-refractivity contribution in [3.05, 3.63) is 58.1 Å². The molecule has 2 nitrogen and oxygen atoms in total. The average molecular weight is 305 g/mol. The van der Waals surface area contributed by atoms with Crippen LogP contribution >= 0.6 is 15.9 Å². The van der Waals surface area contributed by atoms with Crippen LogP contribution in [-0.2, 0) is 6.42 Å². The predicted molar refractivity (Wildman–Crippen MR) is 74.2 cm³/mol. The number of benzene rings is 2. The van der Waals surface area contributed by atoms with E-state index in [1.807, 2.05) is 24.3 Å². The summed E-state index contributed by atoms with van der Waals surface area (Å²) in [5.74, 6) is 1.84. The van der Waals surface area contributed by atoms with Gasteiger partial charge < -0.3 is 9.47 Å². The predicted octanol–water partition coefficient (Wildman–Crippen LogP) is 4.13. The highest BCUT2D eigenvalue weighted by Crippen LogP contribution is 2.38. The van der Waals surface area contributed by atoms with Crippen LogP contribution in [0.3, 0.4) is 0 Å². The van der Waals surface area contributed by atoms with Gasteiger partial charge in [-0.2, -0.15) is 0 Å². The first kappa shape index (κ1) is 11.6. The number of rotatable bonds is 2. The summed E-state index contributed by atoms with van der Waals surface area (Å²) < 4.78 is 12.3. The smallest absolute Gasteiger partial charge is 0.128 e. The standard InChI is InChI=1S/C15H13BrO2/c1-17-13-4-2-3-10(7-13)14-8-11-5-6-12(16)9-15(11)18-14/h2-7,9,14H,8H2,1H3/t14-/m0/s1. The van der Waals surface area contributed by atoms with Crippen molar-refractivity contribution >= 4 is 15.9 Å². The lowest BCUT2D eigenvalue weighted by Gasteiger charge is -2.12. The molecule has 0 saturated carbocycles. The largest absolute Gasteiger partial charge is 0.497 e. The Balaban J connectivity index is 1.88. The van der Waals surface area contributed by atoms with E-state index in [2.05, 4.69) is 34.1 Å². The molecule has 0 bridgehead atoms. The SMILES string of the molecule is COc1cccc([C@@H]2Cc3ccc(Br)cc3O2)c1. The zero-order valence-electron chi connectivity index (χ0n) is 10.0. The lowest BCUT2D eigenvalue weighted by atomic mass is 10.0. The van der Waals surface area contributed by atoms with Gasteiger partial charge in [-0.25, -0.2) is 0 Å². The minimum atomic E-state index is 0.0874. The van der Waals surface area contributed by atoms with Gasteiger partial charge in [0.25, 0.3) is 0 Å². The zero-order chi connectivity index (χ0) is 12.5. The van der Waals surface area contributed by atoms with Crippen LogP contribution in [0.15, 0.2) is 46.9 Å². The van der Waals surface area contributed by atoms with Crippen molar-refractivity contribution in [3.8, 4) is 11.5 Å². The van der Waals surface area contributed by atoms with Gasteiger partial charge in [-0.3, -0.25) is 0 Å². The van der Waals surface area contributed by atoms with E-state index in [0.717, 1.165) is 28.0 Å². The highest BCUT2D eigenvalue weighted by molar-refractivity contribution is 9.10. The molecule has 0 radical (unpaired) electrons. The molecule has 0 N–H and O–H groups in total. The third-order valence-corrected chi connectivity index (χ3v) is 3.66. The molecule has 0 aliphatic carbocycles. The topological polar surface area (TPSA) is 18.5 Å². The van der Waals surface area contributed by atoms with Gasteiger partial charge in [-0.1, -0.05) is 34.1 Å². The van der Waals surface area contributed by atoms with Crippen LogP contribution in [0.4, 0.5) is 0 Å². The van der Waals surface area contributed by atoms with Gasteiger partial charge in [0, 0.05) is 10.9 Å². The Labute approximate surface area is 115 Å². The summed E-state index contributed by atoms with van der Waals surface area (Å²) in [5.41, 5.74) is 2.41. The third kappa shape index (κ3) is 2.10. The highest BCUT2D eigenvalue weighted by atomic mass is 79.9. The van der Waals surface area contributed by atoms with E-state index >= 15 is 0 Å². The van der Waals surface area contributed by atoms with Gasteiger partial charge in [0.15, 0.2) is 0 Å². The fraction of sp³-hybridized carbons (Fsp3) is 0.200. The van der Waals surface area contributed by atoms with Crippen molar-refractivity contribution in [3.63, 3.8) is 0 Å². The van der Waals surface area contributed by atoms with E-state index in [-0.39, 0.29) is 6.10 Å². The van der Waals surface area contributed by atoms with Gasteiger partial charge in [-0.15, -0.1) is 0 Å². The Hall–Kier alpha value is -1.48. The molecule has 0 aromatic heterocycles. The number of methoxy groups -OCH3 is 1. The Morgan fingerprint density at radius 2 is 2.11 bits per heavy atom. The molecule has 92 valence electrons. The van der Waals surface area contributed by atoms with Crippen LogP contribution in [0.5, 0.6) is 11.5 Å². The van der Waals surface area contributed by atoms with Crippen molar-refractivity contribution in [2.45, 2.75) is 12.5 Å². The minimum Gasteiger partial charge on any atom is -0.497 e. The zero-order valence-corrected chi connectivity index (χ0v) is 11.6. The number of fused-ring (bicyclic) bond motifs is 1. The molecular weight excluding hydrogens is 292 g/mol. The molecule has 0 fully saturated rings. The second-order valence-corrected chi connectivity index (χ2v) is 5.25. The van der Waals surface area contributed by atoms with E-state index < -0.39 is 0 Å². The molecule has 2 aromatic carbocycles. The summed E-state index contributed by atoms with van der Waals surface area (Å²) in [5, 5.41) is 0. The van der Waals surface area contributed by atoms with E-state index in [9.17, 15) is 0 Å². The lowest BCUT2D eigenvalue weighted by molar-refractivity contribution is 0.238. The second kappa shape index (κ2) is 4.65. The molecule has 1 atom stereocenters. The van der Waals surface area contributed by atoms with Gasteiger partial charge >= 0.3 is 0 Å². The molecule has 1 aliphatic heterocycles. The molecule has 1 heterocycles. The van der Waals surface area contributed by atoms with Crippen LogP contribution in [0.1, 0.15) is 17.2 Å². The van der Waals surface area contributed by atoms with E-state index in [1.165, 1.54) is 5.56 Å². The summed E-state index contributed by atoms with van der Waals surface area (Å²) in [7, 11) is 1.68. The monoisotopic (exact) mass is 304 g/mol. The second-order valence-electron chi connectivity index (χ2n) is 4.34.